The van der Waals surface area contributed by atoms with Crippen molar-refractivity contribution >= 4 is 23.3 Å². The van der Waals surface area contributed by atoms with E-state index in [1.165, 1.54) is 6.07 Å². The maximum atomic E-state index is 14.9. The van der Waals surface area contributed by atoms with Gasteiger partial charge >= 0.3 is 0 Å². The fraction of sp³-hybridized carbons (Fsp3) is 0.519. The number of benzene rings is 1. The van der Waals surface area contributed by atoms with Crippen molar-refractivity contribution in [2.45, 2.75) is 52.7 Å². The molecular formula is C27H32ClFN4O3. The molecule has 2 aliphatic rings. The van der Waals surface area contributed by atoms with Crippen LogP contribution < -0.4 is 15.0 Å². The second-order valence-electron chi connectivity index (χ2n) is 10.9. The normalized spacial score (nSPS) is 22.9. The third kappa shape index (κ3) is 4.74. The van der Waals surface area contributed by atoms with Crippen LogP contribution in [0.25, 0.3) is 0 Å². The summed E-state index contributed by atoms with van der Waals surface area (Å²) in [6.45, 7) is 9.52. The molecule has 1 aliphatic carbocycles. The molecule has 36 heavy (non-hydrogen) atoms. The van der Waals surface area contributed by atoms with Crippen LogP contribution in [-0.2, 0) is 0 Å². The number of anilines is 1. The Morgan fingerprint density at radius 3 is 2.47 bits per heavy atom. The molecule has 1 saturated heterocycles. The molecule has 0 spiro atoms. The first-order valence-corrected chi connectivity index (χ1v) is 12.6. The van der Waals surface area contributed by atoms with Crippen LogP contribution in [0, 0.1) is 34.0 Å². The van der Waals surface area contributed by atoms with E-state index >= 15 is 0 Å². The number of carbonyl (C=O) groups is 1. The molecule has 1 aliphatic heterocycles. The number of carbonyl (C=O) groups excluding carboxylic acids is 1. The van der Waals surface area contributed by atoms with Crippen molar-refractivity contribution in [1.29, 1.82) is 5.26 Å². The SMILES string of the molecule is CC1(C)[C@H](NC(=O)c2ccc(N3CCC(CO)CC3)nc2F)C(C)(C)[C@H]1Oc1ccc(C#N)c(Cl)c1. The molecule has 2 aromatic rings. The second kappa shape index (κ2) is 9.87. The third-order valence-corrected chi connectivity index (χ3v) is 8.02. The topological polar surface area (TPSA) is 98.5 Å². The summed E-state index contributed by atoms with van der Waals surface area (Å²) < 4.78 is 21.2. The van der Waals surface area contributed by atoms with Crippen molar-refractivity contribution in [3.05, 3.63) is 52.4 Å². The Balaban J connectivity index is 1.44. The zero-order valence-electron chi connectivity index (χ0n) is 21.0. The number of hydrogen-bond acceptors (Lipinski definition) is 6. The van der Waals surface area contributed by atoms with Gasteiger partial charge in [-0.1, -0.05) is 39.3 Å². The number of nitrogens with zero attached hydrogens (tertiary/aromatic N) is 3. The number of halogens is 2. The first kappa shape index (κ1) is 26.2. The van der Waals surface area contributed by atoms with Crippen LogP contribution in [0.15, 0.2) is 30.3 Å². The molecule has 0 bridgehead atoms. The maximum absolute atomic E-state index is 14.9. The van der Waals surface area contributed by atoms with Crippen LogP contribution in [0.5, 0.6) is 5.75 Å². The van der Waals surface area contributed by atoms with Crippen molar-refractivity contribution in [2.24, 2.45) is 16.7 Å². The Morgan fingerprint density at radius 1 is 1.25 bits per heavy atom. The first-order chi connectivity index (χ1) is 17.0. The van der Waals surface area contributed by atoms with Gasteiger partial charge in [0.15, 0.2) is 0 Å². The van der Waals surface area contributed by atoms with E-state index in [-0.39, 0.29) is 30.2 Å². The van der Waals surface area contributed by atoms with Gasteiger partial charge in [0.05, 0.1) is 16.1 Å². The van der Waals surface area contributed by atoms with E-state index in [1.807, 2.05) is 38.7 Å². The minimum atomic E-state index is -0.802. The summed E-state index contributed by atoms with van der Waals surface area (Å²) in [5.41, 5.74) is -0.641. The molecule has 1 saturated carbocycles. The molecule has 1 aromatic carbocycles. The Hall–Kier alpha value is -2.89. The summed E-state index contributed by atoms with van der Waals surface area (Å²) in [5, 5.41) is 21.7. The number of ether oxygens (including phenoxy) is 1. The summed E-state index contributed by atoms with van der Waals surface area (Å²) in [5.74, 6) is -0.00379. The highest BCUT2D eigenvalue weighted by Crippen LogP contribution is 2.55. The number of aliphatic hydroxyl groups is 1. The largest absolute Gasteiger partial charge is 0.489 e. The van der Waals surface area contributed by atoms with Gasteiger partial charge in [0.1, 0.15) is 23.7 Å². The van der Waals surface area contributed by atoms with Crippen molar-refractivity contribution in [1.82, 2.24) is 10.3 Å². The van der Waals surface area contributed by atoms with Crippen LogP contribution in [0.3, 0.4) is 0 Å². The molecule has 2 heterocycles. The Bertz CT molecular complexity index is 1170. The predicted octanol–water partition coefficient (Wildman–Crippen LogP) is 4.57. The molecule has 0 radical (unpaired) electrons. The maximum Gasteiger partial charge on any atom is 0.256 e. The summed E-state index contributed by atoms with van der Waals surface area (Å²) >= 11 is 6.16. The van der Waals surface area contributed by atoms with E-state index in [1.54, 1.807) is 24.3 Å². The molecule has 0 unspecified atom stereocenters. The number of aromatic nitrogens is 1. The number of nitrogens with one attached hydrogen (secondary N) is 1. The molecule has 1 aromatic heterocycles. The van der Waals surface area contributed by atoms with E-state index in [0.29, 0.717) is 35.2 Å². The Morgan fingerprint density at radius 2 is 1.92 bits per heavy atom. The minimum absolute atomic E-state index is 0.0983. The van der Waals surface area contributed by atoms with Gasteiger partial charge in [-0.25, -0.2) is 4.98 Å². The first-order valence-electron chi connectivity index (χ1n) is 12.2. The molecule has 2 N–H and O–H groups in total. The van der Waals surface area contributed by atoms with Crippen molar-refractivity contribution in [3.63, 3.8) is 0 Å². The average molecular weight is 515 g/mol. The quantitative estimate of drug-likeness (QED) is 0.548. The fourth-order valence-corrected chi connectivity index (χ4v) is 6.13. The minimum Gasteiger partial charge on any atom is -0.489 e. The molecule has 4 rings (SSSR count). The monoisotopic (exact) mass is 514 g/mol. The number of piperidine rings is 1. The van der Waals surface area contributed by atoms with E-state index < -0.39 is 22.7 Å². The Labute approximate surface area is 216 Å². The average Bonchev–Trinajstić information content (AvgIpc) is 2.85. The van der Waals surface area contributed by atoms with E-state index in [0.717, 1.165) is 12.8 Å². The highest BCUT2D eigenvalue weighted by atomic mass is 35.5. The van der Waals surface area contributed by atoms with Crippen molar-refractivity contribution < 1.29 is 19.0 Å². The zero-order valence-corrected chi connectivity index (χ0v) is 21.8. The van der Waals surface area contributed by atoms with Gasteiger partial charge in [-0.3, -0.25) is 4.79 Å². The summed E-state index contributed by atoms with van der Waals surface area (Å²) in [4.78, 5) is 19.1. The number of pyridine rings is 1. The van der Waals surface area contributed by atoms with Crippen molar-refractivity contribution in [2.75, 3.05) is 24.6 Å². The van der Waals surface area contributed by atoms with E-state index in [2.05, 4.69) is 10.3 Å². The van der Waals surface area contributed by atoms with Gasteiger partial charge < -0.3 is 20.1 Å². The molecule has 0 atom stereocenters. The van der Waals surface area contributed by atoms with Crippen molar-refractivity contribution in [3.8, 4) is 11.8 Å². The van der Waals surface area contributed by atoms with Crippen LogP contribution >= 0.6 is 11.6 Å². The molecular weight excluding hydrogens is 483 g/mol. The highest BCUT2D eigenvalue weighted by molar-refractivity contribution is 6.31. The smallest absolute Gasteiger partial charge is 0.256 e. The lowest BCUT2D eigenvalue weighted by Gasteiger charge is -2.63. The lowest BCUT2D eigenvalue weighted by molar-refractivity contribution is -0.164. The molecule has 2 fully saturated rings. The van der Waals surface area contributed by atoms with Crippen LogP contribution in [0.4, 0.5) is 10.2 Å². The molecule has 192 valence electrons. The standard InChI is InChI=1S/C27H32ClFN4O3/c1-26(2)24(27(3,4)25(26)36-18-6-5-17(14-30)20(28)13-18)32-23(35)19-7-8-21(31-22(19)29)33-11-9-16(15-34)10-12-33/h5-8,13,16,24-25,34H,9-12,15H2,1-4H3,(H,32,35)/t24-,25-. The van der Waals surface area contributed by atoms with Gasteiger partial charge in [0.25, 0.3) is 5.91 Å². The van der Waals surface area contributed by atoms with Gasteiger partial charge in [0, 0.05) is 42.6 Å². The highest BCUT2D eigenvalue weighted by Gasteiger charge is 2.64. The van der Waals surface area contributed by atoms with Crippen LogP contribution in [0.1, 0.15) is 56.5 Å². The molecule has 1 amide bonds. The van der Waals surface area contributed by atoms with Gasteiger partial charge in [-0.05, 0) is 43.0 Å². The third-order valence-electron chi connectivity index (χ3n) is 7.71. The number of amides is 1. The lowest BCUT2D eigenvalue weighted by atomic mass is 9.49. The molecule has 9 heteroatoms. The van der Waals surface area contributed by atoms with Crippen LogP contribution in [0.2, 0.25) is 5.02 Å². The number of rotatable bonds is 6. The van der Waals surface area contributed by atoms with Crippen LogP contribution in [-0.4, -0.2) is 47.8 Å². The Kier molecular flexibility index (Phi) is 7.18. The fourth-order valence-electron chi connectivity index (χ4n) is 5.92. The predicted molar refractivity (Wildman–Crippen MR) is 136 cm³/mol. The summed E-state index contributed by atoms with van der Waals surface area (Å²) in [6.07, 6.45) is 1.39. The van der Waals surface area contributed by atoms with Gasteiger partial charge in [-0.2, -0.15) is 9.65 Å². The summed E-state index contributed by atoms with van der Waals surface area (Å²) in [6, 6.07) is 9.84. The van der Waals surface area contributed by atoms with E-state index in [9.17, 15) is 14.3 Å². The van der Waals surface area contributed by atoms with Gasteiger partial charge in [0.2, 0.25) is 5.95 Å². The summed E-state index contributed by atoms with van der Waals surface area (Å²) in [7, 11) is 0. The molecule has 7 nitrogen and oxygen atoms in total. The van der Waals surface area contributed by atoms with Gasteiger partial charge in [-0.15, -0.1) is 0 Å². The van der Waals surface area contributed by atoms with E-state index in [4.69, 9.17) is 21.6 Å². The zero-order chi connectivity index (χ0) is 26.3. The second-order valence-corrected chi connectivity index (χ2v) is 11.3. The number of hydrogen-bond donors (Lipinski definition) is 2. The number of nitriles is 1. The lowest BCUT2D eigenvalue weighted by Crippen LogP contribution is -2.74. The number of aliphatic hydroxyl groups excluding tert-OH is 1.